The van der Waals surface area contributed by atoms with Crippen LogP contribution in [0.2, 0.25) is 5.02 Å². The van der Waals surface area contributed by atoms with E-state index in [1.165, 1.54) is 0 Å². The van der Waals surface area contributed by atoms with Crippen molar-refractivity contribution < 1.29 is 4.74 Å². The smallest absolute Gasteiger partial charge is 0.145 e. The van der Waals surface area contributed by atoms with Crippen LogP contribution in [0, 0.1) is 0 Å². The van der Waals surface area contributed by atoms with Gasteiger partial charge in [0.25, 0.3) is 0 Å². The summed E-state index contributed by atoms with van der Waals surface area (Å²) >= 11 is 5.94. The van der Waals surface area contributed by atoms with E-state index in [1.54, 1.807) is 6.20 Å². The first-order valence-corrected chi connectivity index (χ1v) is 7.17. The topological polar surface area (TPSA) is 34.1 Å². The highest BCUT2D eigenvalue weighted by Crippen LogP contribution is 2.22. The average molecular weight is 299 g/mol. The third kappa shape index (κ3) is 3.44. The van der Waals surface area contributed by atoms with Crippen LogP contribution in [0.25, 0.3) is 10.9 Å². The molecular formula is C17H15ClN2O. The van der Waals surface area contributed by atoms with Crippen molar-refractivity contribution in [3.63, 3.8) is 0 Å². The van der Waals surface area contributed by atoms with Crippen molar-refractivity contribution >= 4 is 28.2 Å². The zero-order chi connectivity index (χ0) is 14.5. The van der Waals surface area contributed by atoms with Gasteiger partial charge in [0.05, 0.1) is 0 Å². The van der Waals surface area contributed by atoms with Gasteiger partial charge in [-0.15, -0.1) is 0 Å². The quantitative estimate of drug-likeness (QED) is 0.710. The number of halogens is 1. The Morgan fingerprint density at radius 1 is 1.05 bits per heavy atom. The first-order chi connectivity index (χ1) is 10.3. The van der Waals surface area contributed by atoms with Crippen LogP contribution >= 0.6 is 11.6 Å². The number of rotatable bonds is 5. The van der Waals surface area contributed by atoms with E-state index in [0.29, 0.717) is 13.2 Å². The molecule has 0 spiro atoms. The first-order valence-electron chi connectivity index (χ1n) is 6.79. The molecule has 0 radical (unpaired) electrons. The molecule has 0 saturated carbocycles. The van der Waals surface area contributed by atoms with Gasteiger partial charge in [0.1, 0.15) is 17.9 Å². The Hall–Kier alpha value is -2.26. The van der Waals surface area contributed by atoms with Crippen LogP contribution < -0.4 is 10.1 Å². The van der Waals surface area contributed by atoms with Gasteiger partial charge in [0, 0.05) is 28.8 Å². The Balaban J connectivity index is 1.60. The molecule has 1 N–H and O–H groups in total. The second-order valence-electron chi connectivity index (χ2n) is 4.62. The lowest BCUT2D eigenvalue weighted by molar-refractivity contribution is 0.336. The van der Waals surface area contributed by atoms with Crippen molar-refractivity contribution in [3.05, 3.63) is 65.8 Å². The molecule has 21 heavy (non-hydrogen) atoms. The predicted octanol–water partition coefficient (Wildman–Crippen LogP) is 4.38. The predicted molar refractivity (Wildman–Crippen MR) is 87.2 cm³/mol. The fraction of sp³-hybridized carbons (Fsp3) is 0.118. The molecule has 0 fully saturated rings. The molecule has 3 nitrogen and oxygen atoms in total. The lowest BCUT2D eigenvalue weighted by Gasteiger charge is -2.10. The van der Waals surface area contributed by atoms with Gasteiger partial charge in [-0.2, -0.15) is 0 Å². The molecule has 1 aromatic heterocycles. The molecule has 0 aliphatic carbocycles. The van der Waals surface area contributed by atoms with E-state index < -0.39 is 0 Å². The van der Waals surface area contributed by atoms with Gasteiger partial charge in [-0.25, -0.2) is 0 Å². The average Bonchev–Trinajstić information content (AvgIpc) is 2.52. The lowest BCUT2D eigenvalue weighted by atomic mass is 10.2. The molecule has 0 saturated heterocycles. The van der Waals surface area contributed by atoms with Gasteiger partial charge in [0.15, 0.2) is 0 Å². The third-order valence-corrected chi connectivity index (χ3v) is 3.34. The molecule has 4 heteroatoms. The van der Waals surface area contributed by atoms with Crippen LogP contribution in [0.3, 0.4) is 0 Å². The van der Waals surface area contributed by atoms with E-state index in [0.717, 1.165) is 27.4 Å². The van der Waals surface area contributed by atoms with Crippen LogP contribution in [0.15, 0.2) is 60.8 Å². The summed E-state index contributed by atoms with van der Waals surface area (Å²) in [6, 6.07) is 17.5. The molecule has 3 rings (SSSR count). The highest BCUT2D eigenvalue weighted by molar-refractivity contribution is 6.30. The van der Waals surface area contributed by atoms with Crippen LogP contribution in [-0.4, -0.2) is 18.1 Å². The zero-order valence-electron chi connectivity index (χ0n) is 11.4. The van der Waals surface area contributed by atoms with Crippen molar-refractivity contribution in [3.8, 4) is 5.75 Å². The summed E-state index contributed by atoms with van der Waals surface area (Å²) in [6.45, 7) is 1.26. The summed E-state index contributed by atoms with van der Waals surface area (Å²) in [5.74, 6) is 0.806. The molecule has 106 valence electrons. The second-order valence-corrected chi connectivity index (χ2v) is 5.05. The molecule has 0 unspecified atom stereocenters. The number of nitrogens with one attached hydrogen (secondary N) is 1. The fourth-order valence-corrected chi connectivity index (χ4v) is 2.34. The molecule has 1 heterocycles. The Morgan fingerprint density at radius 2 is 1.90 bits per heavy atom. The van der Waals surface area contributed by atoms with Crippen LogP contribution in [0.1, 0.15) is 0 Å². The minimum absolute atomic E-state index is 0.558. The van der Waals surface area contributed by atoms with E-state index in [-0.39, 0.29) is 0 Å². The summed E-state index contributed by atoms with van der Waals surface area (Å²) in [4.78, 5) is 4.37. The molecule has 0 atom stereocenters. The van der Waals surface area contributed by atoms with E-state index in [9.17, 15) is 0 Å². The number of hydrogen-bond acceptors (Lipinski definition) is 3. The largest absolute Gasteiger partial charge is 0.489 e. The summed E-state index contributed by atoms with van der Waals surface area (Å²) in [7, 11) is 0. The standard InChI is InChI=1S/C17H15ClN2O/c18-14-6-2-7-15(12-14)19-10-11-21-16-8-1-4-13-5-3-9-20-17(13)16/h1-9,12,19H,10-11H2. The molecule has 0 bridgehead atoms. The SMILES string of the molecule is Clc1cccc(NCCOc2cccc3cccnc23)c1. The summed E-state index contributed by atoms with van der Waals surface area (Å²) in [5, 5.41) is 5.08. The number of para-hydroxylation sites is 1. The number of anilines is 1. The number of benzene rings is 2. The van der Waals surface area contributed by atoms with Crippen molar-refractivity contribution in [1.29, 1.82) is 0 Å². The van der Waals surface area contributed by atoms with Crippen molar-refractivity contribution in [1.82, 2.24) is 4.98 Å². The van der Waals surface area contributed by atoms with E-state index in [1.807, 2.05) is 54.6 Å². The minimum Gasteiger partial charge on any atom is -0.489 e. The zero-order valence-corrected chi connectivity index (χ0v) is 12.2. The maximum absolute atomic E-state index is 5.94. The number of pyridine rings is 1. The molecular weight excluding hydrogens is 284 g/mol. The minimum atomic E-state index is 0.558. The van der Waals surface area contributed by atoms with Crippen molar-refractivity contribution in [2.75, 3.05) is 18.5 Å². The Labute approximate surface area is 128 Å². The highest BCUT2D eigenvalue weighted by Gasteiger charge is 2.02. The number of ether oxygens (including phenoxy) is 1. The van der Waals surface area contributed by atoms with Gasteiger partial charge in [0.2, 0.25) is 0 Å². The van der Waals surface area contributed by atoms with Gasteiger partial charge < -0.3 is 10.1 Å². The molecule has 2 aromatic carbocycles. The Kier molecular flexibility index (Phi) is 4.22. The molecule has 0 amide bonds. The van der Waals surface area contributed by atoms with Crippen LogP contribution in [0.5, 0.6) is 5.75 Å². The fourth-order valence-electron chi connectivity index (χ4n) is 2.15. The van der Waals surface area contributed by atoms with Gasteiger partial charge >= 0.3 is 0 Å². The lowest BCUT2D eigenvalue weighted by Crippen LogP contribution is -2.11. The third-order valence-electron chi connectivity index (χ3n) is 3.11. The van der Waals surface area contributed by atoms with Crippen LogP contribution in [-0.2, 0) is 0 Å². The number of hydrogen-bond donors (Lipinski definition) is 1. The second kappa shape index (κ2) is 6.46. The normalized spacial score (nSPS) is 10.5. The maximum Gasteiger partial charge on any atom is 0.145 e. The summed E-state index contributed by atoms with van der Waals surface area (Å²) in [6.07, 6.45) is 1.78. The summed E-state index contributed by atoms with van der Waals surface area (Å²) < 4.78 is 5.81. The molecule has 0 aliphatic heterocycles. The van der Waals surface area contributed by atoms with E-state index >= 15 is 0 Å². The monoisotopic (exact) mass is 298 g/mol. The van der Waals surface area contributed by atoms with Gasteiger partial charge in [-0.1, -0.05) is 35.9 Å². The van der Waals surface area contributed by atoms with Gasteiger partial charge in [-0.05, 0) is 30.3 Å². The number of fused-ring (bicyclic) bond motifs is 1. The highest BCUT2D eigenvalue weighted by atomic mass is 35.5. The van der Waals surface area contributed by atoms with E-state index in [2.05, 4.69) is 10.3 Å². The maximum atomic E-state index is 5.94. The van der Waals surface area contributed by atoms with Gasteiger partial charge in [-0.3, -0.25) is 4.98 Å². The summed E-state index contributed by atoms with van der Waals surface area (Å²) in [5.41, 5.74) is 1.88. The number of aromatic nitrogens is 1. The van der Waals surface area contributed by atoms with Crippen molar-refractivity contribution in [2.24, 2.45) is 0 Å². The Bertz CT molecular complexity index is 740. The molecule has 0 aliphatic rings. The van der Waals surface area contributed by atoms with Crippen molar-refractivity contribution in [2.45, 2.75) is 0 Å². The first kappa shape index (κ1) is 13.7. The van der Waals surface area contributed by atoms with Crippen LogP contribution in [0.4, 0.5) is 5.69 Å². The van der Waals surface area contributed by atoms with E-state index in [4.69, 9.17) is 16.3 Å². The Morgan fingerprint density at radius 3 is 2.81 bits per heavy atom. The number of nitrogens with zero attached hydrogens (tertiary/aromatic N) is 1. The molecule has 3 aromatic rings.